The number of fused-ring (bicyclic) bond motifs is 1. The summed E-state index contributed by atoms with van der Waals surface area (Å²) in [4.78, 5) is 38.4. The van der Waals surface area contributed by atoms with Gasteiger partial charge in [-0.3, -0.25) is 9.59 Å². The van der Waals surface area contributed by atoms with Crippen LogP contribution in [0, 0.1) is 5.82 Å². The maximum absolute atomic E-state index is 15.1. The number of nitrogens with two attached hydrogens (primary N) is 2. The summed E-state index contributed by atoms with van der Waals surface area (Å²) in [5.41, 5.74) is 11.3. The minimum absolute atomic E-state index is 0.0653. The fraction of sp³-hybridized carbons (Fsp3) is 0.522. The Bertz CT molecular complexity index is 1130. The van der Waals surface area contributed by atoms with Crippen LogP contribution in [0.25, 0.3) is 10.9 Å². The van der Waals surface area contributed by atoms with Gasteiger partial charge in [0.2, 0.25) is 11.3 Å². The molecule has 2 fully saturated rings. The van der Waals surface area contributed by atoms with Crippen LogP contribution in [0.5, 0.6) is 0 Å². The first kappa shape index (κ1) is 23.2. The van der Waals surface area contributed by atoms with E-state index in [2.05, 4.69) is 5.32 Å². The van der Waals surface area contributed by atoms with Gasteiger partial charge in [-0.1, -0.05) is 6.42 Å². The van der Waals surface area contributed by atoms with Gasteiger partial charge in [-0.25, -0.2) is 9.18 Å². The van der Waals surface area contributed by atoms with Crippen LogP contribution < -0.4 is 27.1 Å². The van der Waals surface area contributed by atoms with Gasteiger partial charge in [0.15, 0.2) is 0 Å². The molecule has 1 saturated carbocycles. The summed E-state index contributed by atoms with van der Waals surface area (Å²) in [6, 6.07) is 2.11. The molecule has 1 aromatic carbocycles. The van der Waals surface area contributed by atoms with Crippen LogP contribution >= 0.6 is 0 Å². The van der Waals surface area contributed by atoms with E-state index in [-0.39, 0.29) is 28.9 Å². The van der Waals surface area contributed by atoms with Gasteiger partial charge in [-0.05, 0) is 50.8 Å². The van der Waals surface area contributed by atoms with E-state index < -0.39 is 23.3 Å². The van der Waals surface area contributed by atoms with Crippen molar-refractivity contribution in [3.05, 3.63) is 39.9 Å². The highest BCUT2D eigenvalue weighted by atomic mass is 19.1. The number of nitrogens with one attached hydrogen (secondary N) is 1. The van der Waals surface area contributed by atoms with Crippen molar-refractivity contribution in [2.24, 2.45) is 11.5 Å². The van der Waals surface area contributed by atoms with Gasteiger partial charge in [0, 0.05) is 36.8 Å². The van der Waals surface area contributed by atoms with Crippen molar-refractivity contribution in [3.63, 3.8) is 0 Å². The van der Waals surface area contributed by atoms with Crippen molar-refractivity contribution in [2.45, 2.75) is 56.7 Å². The summed E-state index contributed by atoms with van der Waals surface area (Å²) < 4.78 is 16.8. The molecule has 1 unspecified atom stereocenters. The van der Waals surface area contributed by atoms with Crippen molar-refractivity contribution >= 4 is 28.5 Å². The predicted molar refractivity (Wildman–Crippen MR) is 123 cm³/mol. The van der Waals surface area contributed by atoms with E-state index in [9.17, 15) is 19.5 Å². The summed E-state index contributed by atoms with van der Waals surface area (Å²) in [5.74, 6) is -2.13. The molecule has 178 valence electrons. The number of carbonyl (C=O) groups excluding carboxylic acids is 1. The number of carboxylic acid groups (broad SMARTS) is 1. The van der Waals surface area contributed by atoms with Crippen LogP contribution in [-0.4, -0.2) is 53.3 Å². The average Bonchev–Trinajstić information content (AvgIpc) is 3.52. The van der Waals surface area contributed by atoms with E-state index in [4.69, 9.17) is 11.5 Å². The van der Waals surface area contributed by atoms with Gasteiger partial charge >= 0.3 is 5.97 Å². The van der Waals surface area contributed by atoms with Gasteiger partial charge in [0.05, 0.1) is 17.2 Å². The molecule has 33 heavy (non-hydrogen) atoms. The minimum atomic E-state index is -1.32. The van der Waals surface area contributed by atoms with Gasteiger partial charge in [0.1, 0.15) is 11.4 Å². The van der Waals surface area contributed by atoms with Crippen molar-refractivity contribution in [3.8, 4) is 0 Å². The first-order valence-corrected chi connectivity index (χ1v) is 11.4. The Labute approximate surface area is 190 Å². The number of benzene rings is 1. The van der Waals surface area contributed by atoms with Crippen molar-refractivity contribution in [2.75, 3.05) is 24.5 Å². The standard InChI is InChI=1S/C23H30FN5O4/c24-17-9-15-19(29(14-4-5-14)12-16(21(15)30)23(32)33)10-20(17)28-8-6-13(11-28)27-22(31)18(26)3-1-2-7-25/h9-10,12-14,18H,1-8,11,25-26H2,(H,27,31)(H,32,33)/t13?,18-/m0/s1. The number of unbranched alkanes of at least 4 members (excludes halogenated alkanes) is 1. The molecule has 6 N–H and O–H groups in total. The van der Waals surface area contributed by atoms with Crippen LogP contribution in [-0.2, 0) is 4.79 Å². The molecule has 2 heterocycles. The molecular formula is C23H30FN5O4. The molecule has 0 bridgehead atoms. The second-order valence-corrected chi connectivity index (χ2v) is 8.97. The zero-order valence-electron chi connectivity index (χ0n) is 18.4. The Hall–Kier alpha value is -2.98. The molecule has 1 amide bonds. The second kappa shape index (κ2) is 9.48. The molecule has 2 atom stereocenters. The van der Waals surface area contributed by atoms with Crippen molar-refractivity contribution in [1.29, 1.82) is 0 Å². The highest BCUT2D eigenvalue weighted by Gasteiger charge is 2.30. The highest BCUT2D eigenvalue weighted by molar-refractivity contribution is 5.93. The molecule has 0 spiro atoms. The SMILES string of the molecule is NCCCC[C@H](N)C(=O)NC1CCN(c2cc3c(cc2F)c(=O)c(C(=O)O)cn3C2CC2)C1. The molecule has 0 radical (unpaired) electrons. The lowest BCUT2D eigenvalue weighted by atomic mass is 10.1. The van der Waals surface area contributed by atoms with Crippen LogP contribution in [0.3, 0.4) is 0 Å². The van der Waals surface area contributed by atoms with Crippen molar-refractivity contribution in [1.82, 2.24) is 9.88 Å². The molecule has 10 heteroatoms. The van der Waals surface area contributed by atoms with Crippen LogP contribution in [0.15, 0.2) is 23.1 Å². The smallest absolute Gasteiger partial charge is 0.341 e. The molecule has 9 nitrogen and oxygen atoms in total. The minimum Gasteiger partial charge on any atom is -0.477 e. The first-order chi connectivity index (χ1) is 15.8. The summed E-state index contributed by atoms with van der Waals surface area (Å²) in [6.45, 7) is 1.52. The highest BCUT2D eigenvalue weighted by Crippen LogP contribution is 2.38. The van der Waals surface area contributed by atoms with E-state index in [0.717, 1.165) is 31.7 Å². The number of pyridine rings is 1. The number of amides is 1. The van der Waals surface area contributed by atoms with Gasteiger partial charge in [-0.15, -0.1) is 0 Å². The second-order valence-electron chi connectivity index (χ2n) is 8.97. The Morgan fingerprint density at radius 2 is 2.00 bits per heavy atom. The van der Waals surface area contributed by atoms with E-state index in [1.807, 2.05) is 4.90 Å². The Balaban J connectivity index is 1.54. The number of carboxylic acids is 1. The topological polar surface area (TPSA) is 144 Å². The number of nitrogens with zero attached hydrogens (tertiary/aromatic N) is 2. The lowest BCUT2D eigenvalue weighted by molar-refractivity contribution is -0.123. The number of anilines is 1. The number of hydrogen-bond donors (Lipinski definition) is 4. The quantitative estimate of drug-likeness (QED) is 0.414. The van der Waals surface area contributed by atoms with E-state index >= 15 is 4.39 Å². The number of hydrogen-bond acceptors (Lipinski definition) is 6. The fourth-order valence-electron chi connectivity index (χ4n) is 4.45. The average molecular weight is 460 g/mol. The molecule has 1 aliphatic heterocycles. The number of aromatic carboxylic acids is 1. The maximum Gasteiger partial charge on any atom is 0.341 e. The summed E-state index contributed by atoms with van der Waals surface area (Å²) in [5, 5.41) is 12.4. The van der Waals surface area contributed by atoms with E-state index in [1.54, 1.807) is 10.6 Å². The van der Waals surface area contributed by atoms with Gasteiger partial charge < -0.3 is 31.4 Å². The summed E-state index contributed by atoms with van der Waals surface area (Å²) >= 11 is 0. The maximum atomic E-state index is 15.1. The summed E-state index contributed by atoms with van der Waals surface area (Å²) in [6.07, 6.45) is 5.95. The zero-order valence-corrected chi connectivity index (χ0v) is 18.4. The molecule has 2 aromatic rings. The van der Waals surface area contributed by atoms with Crippen LogP contribution in [0.4, 0.5) is 10.1 Å². The van der Waals surface area contributed by atoms with Crippen LogP contribution in [0.2, 0.25) is 0 Å². The first-order valence-electron chi connectivity index (χ1n) is 11.4. The molecule has 1 aliphatic carbocycles. The third-order valence-corrected chi connectivity index (χ3v) is 6.45. The lowest BCUT2D eigenvalue weighted by Gasteiger charge is -2.22. The summed E-state index contributed by atoms with van der Waals surface area (Å²) in [7, 11) is 0. The fourth-order valence-corrected chi connectivity index (χ4v) is 4.45. The van der Waals surface area contributed by atoms with E-state index in [0.29, 0.717) is 43.7 Å². The van der Waals surface area contributed by atoms with E-state index in [1.165, 1.54) is 6.20 Å². The lowest BCUT2D eigenvalue weighted by Crippen LogP contribution is -2.46. The third kappa shape index (κ3) is 4.86. The molecule has 1 aromatic heterocycles. The number of halogens is 1. The predicted octanol–water partition coefficient (Wildman–Crippen LogP) is 1.32. The molecule has 1 saturated heterocycles. The number of carbonyl (C=O) groups is 2. The molecule has 4 rings (SSSR count). The van der Waals surface area contributed by atoms with Gasteiger partial charge in [-0.2, -0.15) is 0 Å². The Kier molecular flexibility index (Phi) is 6.66. The third-order valence-electron chi connectivity index (χ3n) is 6.45. The Morgan fingerprint density at radius 3 is 2.67 bits per heavy atom. The van der Waals surface area contributed by atoms with Gasteiger partial charge in [0.25, 0.3) is 0 Å². The monoisotopic (exact) mass is 459 g/mol. The zero-order chi connectivity index (χ0) is 23.7. The molecular weight excluding hydrogens is 429 g/mol. The number of rotatable bonds is 9. The Morgan fingerprint density at radius 1 is 1.24 bits per heavy atom. The largest absolute Gasteiger partial charge is 0.477 e. The number of aromatic nitrogens is 1. The molecule has 2 aliphatic rings. The normalized spacial score (nSPS) is 19.1. The van der Waals surface area contributed by atoms with Crippen LogP contribution in [0.1, 0.15) is 54.9 Å². The van der Waals surface area contributed by atoms with Crippen molar-refractivity contribution < 1.29 is 19.1 Å².